The second-order valence-electron chi connectivity index (χ2n) is 8.10. The Hall–Kier alpha value is -1.93. The summed E-state index contributed by atoms with van der Waals surface area (Å²) >= 11 is 12.9. The Bertz CT molecular complexity index is 951. The number of thiocarbonyl (C=S) groups is 1. The normalized spacial score (nSPS) is 18.4. The minimum atomic E-state index is -0.688. The zero-order chi connectivity index (χ0) is 22.6. The molecular formula is C23H26ClN3O2S2. The van der Waals surface area contributed by atoms with Crippen molar-refractivity contribution in [3.05, 3.63) is 70.7 Å². The number of likely N-dealkylation sites (N-methyl/N-ethyl adjacent to an activating group) is 1. The van der Waals surface area contributed by atoms with E-state index in [9.17, 15) is 9.59 Å². The van der Waals surface area contributed by atoms with E-state index < -0.39 is 10.8 Å². The number of benzene rings is 2. The first-order valence-electron chi connectivity index (χ1n) is 10.0. The molecule has 2 amide bonds. The monoisotopic (exact) mass is 475 g/mol. The van der Waals surface area contributed by atoms with Crippen LogP contribution in [0.4, 0.5) is 0 Å². The molecule has 0 aromatic heterocycles. The number of hydrogen-bond donors (Lipinski definition) is 1. The van der Waals surface area contributed by atoms with E-state index in [1.54, 1.807) is 29.2 Å². The number of hydrogen-bond acceptors (Lipinski definition) is 5. The van der Waals surface area contributed by atoms with Gasteiger partial charge in [0.1, 0.15) is 10.4 Å². The molecule has 0 spiro atoms. The van der Waals surface area contributed by atoms with Crippen molar-refractivity contribution in [3.8, 4) is 0 Å². The van der Waals surface area contributed by atoms with Crippen LogP contribution in [0.2, 0.25) is 5.02 Å². The number of carbonyl (C=O) groups is 2. The summed E-state index contributed by atoms with van der Waals surface area (Å²) in [5.74, 6) is -0.484. The minimum absolute atomic E-state index is 0.177. The average Bonchev–Trinajstić information content (AvgIpc) is 2.71. The fourth-order valence-corrected chi connectivity index (χ4v) is 5.35. The van der Waals surface area contributed by atoms with Crippen LogP contribution >= 0.6 is 35.6 Å². The number of thioether (sulfide) groups is 1. The largest absolute Gasteiger partial charge is 0.339 e. The third kappa shape index (κ3) is 6.07. The van der Waals surface area contributed by atoms with Crippen molar-refractivity contribution in [1.29, 1.82) is 0 Å². The van der Waals surface area contributed by atoms with Crippen molar-refractivity contribution in [2.24, 2.45) is 0 Å². The predicted molar refractivity (Wildman–Crippen MR) is 131 cm³/mol. The van der Waals surface area contributed by atoms with Gasteiger partial charge in [0.25, 0.3) is 11.8 Å². The molecule has 1 aliphatic heterocycles. The number of nitrogens with zero attached hydrogens (tertiary/aromatic N) is 2. The van der Waals surface area contributed by atoms with Gasteiger partial charge in [-0.25, -0.2) is 0 Å². The van der Waals surface area contributed by atoms with Crippen LogP contribution in [0.5, 0.6) is 0 Å². The summed E-state index contributed by atoms with van der Waals surface area (Å²) in [6.07, 6.45) is 0. The van der Waals surface area contributed by atoms with Gasteiger partial charge in [0, 0.05) is 35.0 Å². The standard InChI is InChI=1S/C23H26ClN3O2S2/c1-23(2)19(25-20(28)17-9-11-18(24)12-10-17)21(29)27(22(30)31-23)14-13-26(3)15-16-7-5-4-6-8-16/h4-12,19H,13-15H2,1-3H3,(H,25,28). The van der Waals surface area contributed by atoms with E-state index in [1.807, 2.05) is 39.1 Å². The molecule has 3 rings (SSSR count). The fraction of sp³-hybridized carbons (Fsp3) is 0.348. The molecule has 1 fully saturated rings. The molecule has 0 bridgehead atoms. The lowest BCUT2D eigenvalue weighted by Crippen LogP contribution is -2.62. The van der Waals surface area contributed by atoms with E-state index in [4.69, 9.17) is 23.8 Å². The second-order valence-corrected chi connectivity index (χ2v) is 10.8. The molecular weight excluding hydrogens is 450 g/mol. The van der Waals surface area contributed by atoms with Crippen LogP contribution in [0.1, 0.15) is 29.8 Å². The maximum absolute atomic E-state index is 13.3. The van der Waals surface area contributed by atoms with Crippen molar-refractivity contribution in [2.75, 3.05) is 20.1 Å². The summed E-state index contributed by atoms with van der Waals surface area (Å²) in [5.41, 5.74) is 1.67. The summed E-state index contributed by atoms with van der Waals surface area (Å²) in [5, 5.41) is 3.46. The van der Waals surface area contributed by atoms with Gasteiger partial charge in [-0.1, -0.05) is 65.9 Å². The van der Waals surface area contributed by atoms with Gasteiger partial charge in [-0.2, -0.15) is 0 Å². The highest BCUT2D eigenvalue weighted by Gasteiger charge is 2.46. The highest BCUT2D eigenvalue weighted by atomic mass is 35.5. The highest BCUT2D eigenvalue weighted by Crippen LogP contribution is 2.36. The SMILES string of the molecule is CN(CCN1C(=O)C(NC(=O)c2ccc(Cl)cc2)C(C)(C)SC1=S)Cc1ccccc1. The van der Waals surface area contributed by atoms with Gasteiger partial charge < -0.3 is 10.2 Å². The second kappa shape index (κ2) is 10.1. The fourth-order valence-electron chi connectivity index (χ4n) is 3.38. The van der Waals surface area contributed by atoms with Crippen molar-refractivity contribution in [2.45, 2.75) is 31.2 Å². The van der Waals surface area contributed by atoms with Crippen LogP contribution in [-0.4, -0.2) is 56.9 Å². The van der Waals surface area contributed by atoms with Gasteiger partial charge in [0.05, 0.1) is 0 Å². The first kappa shape index (κ1) is 23.7. The van der Waals surface area contributed by atoms with E-state index in [1.165, 1.54) is 17.3 Å². The first-order chi connectivity index (χ1) is 14.7. The van der Waals surface area contributed by atoms with Crippen LogP contribution in [0.25, 0.3) is 0 Å². The van der Waals surface area contributed by atoms with Crippen LogP contribution in [0.3, 0.4) is 0 Å². The van der Waals surface area contributed by atoms with Crippen molar-refractivity contribution < 1.29 is 9.59 Å². The summed E-state index contributed by atoms with van der Waals surface area (Å²) < 4.78 is -0.0111. The Morgan fingerprint density at radius 1 is 1.19 bits per heavy atom. The molecule has 164 valence electrons. The quantitative estimate of drug-likeness (QED) is 0.608. The molecule has 5 nitrogen and oxygen atoms in total. The Morgan fingerprint density at radius 2 is 1.84 bits per heavy atom. The van der Waals surface area contributed by atoms with E-state index in [0.29, 0.717) is 28.0 Å². The average molecular weight is 476 g/mol. The number of carbonyl (C=O) groups excluding carboxylic acids is 2. The van der Waals surface area contributed by atoms with E-state index in [0.717, 1.165) is 6.54 Å². The Balaban J connectivity index is 1.66. The summed E-state index contributed by atoms with van der Waals surface area (Å²) in [6.45, 7) is 5.77. The Kier molecular flexibility index (Phi) is 7.75. The van der Waals surface area contributed by atoms with Gasteiger partial charge in [-0.15, -0.1) is 0 Å². The number of amides is 2. The summed E-state index contributed by atoms with van der Waals surface area (Å²) in [4.78, 5) is 29.8. The van der Waals surface area contributed by atoms with Crippen LogP contribution in [0, 0.1) is 0 Å². The molecule has 0 saturated carbocycles. The molecule has 1 atom stereocenters. The van der Waals surface area contributed by atoms with Crippen molar-refractivity contribution >= 4 is 51.7 Å². The molecule has 1 saturated heterocycles. The van der Waals surface area contributed by atoms with Crippen molar-refractivity contribution in [3.63, 3.8) is 0 Å². The third-order valence-corrected chi connectivity index (χ3v) is 7.04. The maximum atomic E-state index is 13.3. The molecule has 1 heterocycles. The van der Waals surface area contributed by atoms with Gasteiger partial charge in [-0.3, -0.25) is 14.5 Å². The van der Waals surface area contributed by atoms with Crippen LogP contribution in [-0.2, 0) is 11.3 Å². The molecule has 31 heavy (non-hydrogen) atoms. The molecule has 0 aliphatic carbocycles. The molecule has 0 radical (unpaired) electrons. The molecule has 1 N–H and O–H groups in total. The Morgan fingerprint density at radius 3 is 2.48 bits per heavy atom. The summed E-state index contributed by atoms with van der Waals surface area (Å²) in [7, 11) is 2.02. The lowest BCUT2D eigenvalue weighted by atomic mass is 10.0. The van der Waals surface area contributed by atoms with E-state index in [2.05, 4.69) is 22.3 Å². The van der Waals surface area contributed by atoms with Gasteiger partial charge in [0.15, 0.2) is 0 Å². The van der Waals surface area contributed by atoms with Gasteiger partial charge >= 0.3 is 0 Å². The van der Waals surface area contributed by atoms with Crippen LogP contribution < -0.4 is 5.32 Å². The smallest absolute Gasteiger partial charge is 0.252 e. The third-order valence-electron chi connectivity index (χ3n) is 5.16. The summed E-state index contributed by atoms with van der Waals surface area (Å²) in [6, 6.07) is 16.1. The minimum Gasteiger partial charge on any atom is -0.339 e. The van der Waals surface area contributed by atoms with E-state index in [-0.39, 0.29) is 11.8 Å². The lowest BCUT2D eigenvalue weighted by Gasteiger charge is -2.43. The topological polar surface area (TPSA) is 52.6 Å². The Labute approximate surface area is 198 Å². The van der Waals surface area contributed by atoms with Crippen molar-refractivity contribution in [1.82, 2.24) is 15.1 Å². The van der Waals surface area contributed by atoms with Gasteiger partial charge in [0.2, 0.25) is 0 Å². The molecule has 8 heteroatoms. The molecule has 1 unspecified atom stereocenters. The number of rotatable bonds is 7. The highest BCUT2D eigenvalue weighted by molar-refractivity contribution is 8.24. The maximum Gasteiger partial charge on any atom is 0.252 e. The van der Waals surface area contributed by atoms with Crippen LogP contribution in [0.15, 0.2) is 54.6 Å². The molecule has 1 aliphatic rings. The zero-order valence-corrected chi connectivity index (χ0v) is 20.2. The lowest BCUT2D eigenvalue weighted by molar-refractivity contribution is -0.130. The first-order valence-corrected chi connectivity index (χ1v) is 11.6. The molecule has 2 aromatic rings. The van der Waals surface area contributed by atoms with E-state index >= 15 is 0 Å². The number of halogens is 1. The molecule has 2 aromatic carbocycles. The van der Waals surface area contributed by atoms with Gasteiger partial charge in [-0.05, 0) is 50.7 Å². The number of nitrogens with one attached hydrogen (secondary N) is 1. The zero-order valence-electron chi connectivity index (χ0n) is 17.8. The predicted octanol–water partition coefficient (Wildman–Crippen LogP) is 4.21.